The van der Waals surface area contributed by atoms with Crippen LogP contribution in [0.1, 0.15) is 22.8 Å². The maximum atomic E-state index is 13.3. The summed E-state index contributed by atoms with van der Waals surface area (Å²) in [4.78, 5) is 23.0. The van der Waals surface area contributed by atoms with Gasteiger partial charge in [-0.15, -0.1) is 0 Å². The van der Waals surface area contributed by atoms with E-state index >= 15 is 0 Å². The van der Waals surface area contributed by atoms with Gasteiger partial charge in [-0.25, -0.2) is 18.7 Å². The summed E-state index contributed by atoms with van der Waals surface area (Å²) in [7, 11) is 0. The van der Waals surface area contributed by atoms with Crippen molar-refractivity contribution in [3.05, 3.63) is 78.0 Å². The lowest BCUT2D eigenvalue weighted by Crippen LogP contribution is -2.55. The lowest BCUT2D eigenvalue weighted by atomic mass is 9.92. The molecule has 3 heterocycles. The summed E-state index contributed by atoms with van der Waals surface area (Å²) in [5.74, 6) is -0.879. The van der Waals surface area contributed by atoms with Crippen LogP contribution in [0.3, 0.4) is 0 Å². The third-order valence-corrected chi connectivity index (χ3v) is 5.22. The summed E-state index contributed by atoms with van der Waals surface area (Å²) >= 11 is 0. The van der Waals surface area contributed by atoms with Gasteiger partial charge in [-0.2, -0.15) is 0 Å². The van der Waals surface area contributed by atoms with Crippen LogP contribution in [-0.4, -0.2) is 44.5 Å². The van der Waals surface area contributed by atoms with Gasteiger partial charge in [0.25, 0.3) is 5.91 Å². The van der Waals surface area contributed by atoms with E-state index in [2.05, 4.69) is 20.2 Å². The second-order valence-electron chi connectivity index (χ2n) is 7.34. The minimum atomic E-state index is -0.834. The molecule has 150 valence electrons. The lowest BCUT2D eigenvalue weighted by molar-refractivity contribution is 0.0622. The molecule has 1 N–H and O–H groups in total. The summed E-state index contributed by atoms with van der Waals surface area (Å²) in [6.45, 7) is 4.12. The van der Waals surface area contributed by atoms with E-state index in [9.17, 15) is 13.6 Å². The van der Waals surface area contributed by atoms with Crippen LogP contribution < -0.4 is 5.32 Å². The van der Waals surface area contributed by atoms with Crippen molar-refractivity contribution in [3.63, 3.8) is 0 Å². The Morgan fingerprint density at radius 2 is 2.03 bits per heavy atom. The van der Waals surface area contributed by atoms with Crippen molar-refractivity contribution in [1.29, 1.82) is 0 Å². The Balaban J connectivity index is 1.30. The lowest BCUT2D eigenvalue weighted by Gasteiger charge is -2.42. The number of aromatic nitrogens is 3. The molecule has 4 rings (SSSR count). The minimum Gasteiger partial charge on any atom is -0.349 e. The van der Waals surface area contributed by atoms with E-state index in [1.165, 1.54) is 6.07 Å². The average molecular weight is 397 g/mol. The molecule has 6 nitrogen and oxygen atoms in total. The normalized spacial score (nSPS) is 15.7. The molecule has 0 aliphatic carbocycles. The predicted molar refractivity (Wildman–Crippen MR) is 103 cm³/mol. The van der Waals surface area contributed by atoms with Crippen molar-refractivity contribution in [2.24, 2.45) is 5.92 Å². The van der Waals surface area contributed by atoms with Crippen molar-refractivity contribution in [2.75, 3.05) is 13.1 Å². The number of amides is 1. The second kappa shape index (κ2) is 8.08. The Labute approximate surface area is 167 Å². The van der Waals surface area contributed by atoms with Crippen molar-refractivity contribution in [2.45, 2.75) is 19.5 Å². The molecule has 0 spiro atoms. The average Bonchev–Trinajstić information content (AvgIpc) is 3.22. The molecule has 1 saturated heterocycles. The number of hydrogen-bond acceptors (Lipinski definition) is 4. The molecule has 1 amide bonds. The van der Waals surface area contributed by atoms with E-state index in [-0.39, 0.29) is 11.9 Å². The summed E-state index contributed by atoms with van der Waals surface area (Å²) < 4.78 is 28.1. The van der Waals surface area contributed by atoms with E-state index in [4.69, 9.17) is 0 Å². The highest BCUT2D eigenvalue weighted by Crippen LogP contribution is 2.22. The molecule has 1 aliphatic heterocycles. The Kier molecular flexibility index (Phi) is 5.35. The molecular formula is C21H21F2N5O. The monoisotopic (exact) mass is 397 g/mol. The van der Waals surface area contributed by atoms with Crippen LogP contribution in [0, 0.1) is 17.6 Å². The highest BCUT2D eigenvalue weighted by atomic mass is 19.2. The van der Waals surface area contributed by atoms with Crippen LogP contribution in [0.4, 0.5) is 8.78 Å². The molecule has 1 unspecified atom stereocenters. The largest absolute Gasteiger partial charge is 0.349 e. The van der Waals surface area contributed by atoms with Crippen molar-refractivity contribution < 1.29 is 13.6 Å². The smallest absolute Gasteiger partial charge is 0.251 e. The van der Waals surface area contributed by atoms with Gasteiger partial charge in [0.2, 0.25) is 0 Å². The molecule has 0 radical (unpaired) electrons. The zero-order valence-corrected chi connectivity index (χ0v) is 15.9. The molecule has 8 heteroatoms. The highest BCUT2D eigenvalue weighted by molar-refractivity contribution is 5.94. The number of halogens is 2. The standard InChI is InChI=1S/C21H21F2N5O/c1-14(17-11-27(12-17)10-15-2-3-18(22)19(23)8-15)26-21(29)16-4-5-25-20(9-16)28-7-6-24-13-28/h2-9,13-14,17H,10-12H2,1H3,(H,26,29). The van der Waals surface area contributed by atoms with E-state index in [0.717, 1.165) is 24.7 Å². The molecule has 1 atom stereocenters. The number of nitrogens with zero attached hydrogens (tertiary/aromatic N) is 4. The Morgan fingerprint density at radius 3 is 2.76 bits per heavy atom. The van der Waals surface area contributed by atoms with Crippen LogP contribution >= 0.6 is 0 Å². The predicted octanol–water partition coefficient (Wildman–Crippen LogP) is 2.80. The number of benzene rings is 1. The molecular weight excluding hydrogens is 376 g/mol. The summed E-state index contributed by atoms with van der Waals surface area (Å²) in [6.07, 6.45) is 6.64. The molecule has 1 aromatic carbocycles. The van der Waals surface area contributed by atoms with Crippen molar-refractivity contribution >= 4 is 5.91 Å². The molecule has 3 aromatic rings. The maximum Gasteiger partial charge on any atom is 0.251 e. The Hall–Kier alpha value is -3.13. The first kappa shape index (κ1) is 19.2. The molecule has 2 aromatic heterocycles. The van der Waals surface area contributed by atoms with E-state index in [0.29, 0.717) is 23.8 Å². The van der Waals surface area contributed by atoms with Gasteiger partial charge >= 0.3 is 0 Å². The van der Waals surface area contributed by atoms with Crippen LogP contribution in [0.25, 0.3) is 5.82 Å². The molecule has 0 saturated carbocycles. The molecule has 1 aliphatic rings. The number of nitrogens with one attached hydrogen (secondary N) is 1. The minimum absolute atomic E-state index is 0.00596. The number of hydrogen-bond donors (Lipinski definition) is 1. The molecule has 29 heavy (non-hydrogen) atoms. The summed E-state index contributed by atoms with van der Waals surface area (Å²) in [5.41, 5.74) is 1.27. The first-order valence-electron chi connectivity index (χ1n) is 9.41. The summed E-state index contributed by atoms with van der Waals surface area (Å²) in [6, 6.07) is 7.37. The fourth-order valence-corrected chi connectivity index (χ4v) is 3.45. The van der Waals surface area contributed by atoms with Crippen molar-refractivity contribution in [3.8, 4) is 5.82 Å². The first-order chi connectivity index (χ1) is 14.0. The quantitative estimate of drug-likeness (QED) is 0.695. The zero-order valence-electron chi connectivity index (χ0n) is 15.9. The molecule has 0 bridgehead atoms. The van der Waals surface area contributed by atoms with Gasteiger partial charge in [0, 0.05) is 55.7 Å². The van der Waals surface area contributed by atoms with Gasteiger partial charge in [-0.3, -0.25) is 14.3 Å². The highest BCUT2D eigenvalue weighted by Gasteiger charge is 2.32. The van der Waals surface area contributed by atoms with Crippen LogP contribution in [0.15, 0.2) is 55.2 Å². The number of carbonyl (C=O) groups is 1. The fourth-order valence-electron chi connectivity index (χ4n) is 3.45. The Morgan fingerprint density at radius 1 is 1.21 bits per heavy atom. The van der Waals surface area contributed by atoms with Gasteiger partial charge in [0.1, 0.15) is 12.1 Å². The van der Waals surface area contributed by atoms with Crippen molar-refractivity contribution in [1.82, 2.24) is 24.8 Å². The maximum absolute atomic E-state index is 13.3. The number of rotatable bonds is 6. The Bertz CT molecular complexity index is 1000. The van der Waals surface area contributed by atoms with Gasteiger partial charge in [0.15, 0.2) is 11.6 Å². The van der Waals surface area contributed by atoms with E-state index in [1.54, 1.807) is 47.7 Å². The second-order valence-corrected chi connectivity index (χ2v) is 7.34. The van der Waals surface area contributed by atoms with Gasteiger partial charge < -0.3 is 5.32 Å². The van der Waals surface area contributed by atoms with E-state index in [1.807, 2.05) is 6.92 Å². The van der Waals surface area contributed by atoms with Crippen LogP contribution in [0.2, 0.25) is 0 Å². The first-order valence-corrected chi connectivity index (χ1v) is 9.41. The van der Waals surface area contributed by atoms with Crippen LogP contribution in [0.5, 0.6) is 0 Å². The van der Waals surface area contributed by atoms with Gasteiger partial charge in [-0.1, -0.05) is 6.07 Å². The number of imidazole rings is 1. The van der Waals surface area contributed by atoms with Gasteiger partial charge in [-0.05, 0) is 36.8 Å². The summed E-state index contributed by atoms with van der Waals surface area (Å²) in [5, 5.41) is 3.04. The number of carbonyl (C=O) groups excluding carboxylic acids is 1. The topological polar surface area (TPSA) is 63.1 Å². The number of pyridine rings is 1. The SMILES string of the molecule is CC(NC(=O)c1ccnc(-n2ccnc2)c1)C1CN(Cc2ccc(F)c(F)c2)C1. The van der Waals surface area contributed by atoms with Crippen LogP contribution in [-0.2, 0) is 6.54 Å². The third-order valence-electron chi connectivity index (χ3n) is 5.22. The fraction of sp³-hybridized carbons (Fsp3) is 0.286. The van der Waals surface area contributed by atoms with E-state index < -0.39 is 11.6 Å². The zero-order chi connectivity index (χ0) is 20.4. The number of likely N-dealkylation sites (tertiary alicyclic amines) is 1. The van der Waals surface area contributed by atoms with Gasteiger partial charge in [0.05, 0.1) is 0 Å². The molecule has 1 fully saturated rings. The third kappa shape index (κ3) is 4.32.